The fourth-order valence-corrected chi connectivity index (χ4v) is 3.00. The van der Waals surface area contributed by atoms with Crippen molar-refractivity contribution in [3.63, 3.8) is 0 Å². The predicted octanol–water partition coefficient (Wildman–Crippen LogP) is 4.00. The molecule has 1 atom stereocenters. The van der Waals surface area contributed by atoms with E-state index in [4.69, 9.17) is 4.74 Å². The van der Waals surface area contributed by atoms with Crippen molar-refractivity contribution in [2.24, 2.45) is 5.92 Å². The van der Waals surface area contributed by atoms with E-state index in [-0.39, 0.29) is 30.5 Å². The van der Waals surface area contributed by atoms with Crippen molar-refractivity contribution in [3.8, 4) is 5.75 Å². The van der Waals surface area contributed by atoms with Crippen molar-refractivity contribution in [2.75, 3.05) is 23.4 Å². The van der Waals surface area contributed by atoms with E-state index in [0.29, 0.717) is 12.3 Å². The van der Waals surface area contributed by atoms with Crippen LogP contribution in [0.3, 0.4) is 0 Å². The summed E-state index contributed by atoms with van der Waals surface area (Å²) in [5, 5.41) is 2.82. The number of halogens is 1. The van der Waals surface area contributed by atoms with E-state index in [1.54, 1.807) is 42.5 Å². The molecule has 0 radical (unpaired) electrons. The highest BCUT2D eigenvalue weighted by atomic mass is 19.1. The molecule has 0 aromatic heterocycles. The van der Waals surface area contributed by atoms with Gasteiger partial charge in [-0.2, -0.15) is 0 Å². The molecule has 1 heterocycles. The first-order valence-corrected chi connectivity index (χ1v) is 9.17. The Morgan fingerprint density at radius 1 is 1.22 bits per heavy atom. The molecule has 3 rings (SSSR count). The molecule has 1 N–H and O–H groups in total. The molecule has 0 saturated carbocycles. The number of nitrogens with one attached hydrogen (secondary N) is 1. The van der Waals surface area contributed by atoms with E-state index >= 15 is 0 Å². The largest absolute Gasteiger partial charge is 0.494 e. The SMILES string of the molecule is CCCCOc1ccc(NC(=O)[C@H]2CC(=O)N(c3ccccc3F)C2)cc1. The van der Waals surface area contributed by atoms with Crippen LogP contribution in [-0.4, -0.2) is 25.0 Å². The molecule has 1 fully saturated rings. The summed E-state index contributed by atoms with van der Waals surface area (Å²) >= 11 is 0. The van der Waals surface area contributed by atoms with Crippen LogP contribution in [0.4, 0.5) is 15.8 Å². The lowest BCUT2D eigenvalue weighted by molar-refractivity contribution is -0.122. The molecule has 0 bridgehead atoms. The summed E-state index contributed by atoms with van der Waals surface area (Å²) in [4.78, 5) is 26.1. The van der Waals surface area contributed by atoms with Gasteiger partial charge in [0, 0.05) is 18.7 Å². The fraction of sp³-hybridized carbons (Fsp3) is 0.333. The first kappa shape index (κ1) is 18.9. The Balaban J connectivity index is 1.59. The lowest BCUT2D eigenvalue weighted by atomic mass is 10.1. The third-order valence-electron chi connectivity index (χ3n) is 4.53. The molecule has 2 aromatic carbocycles. The zero-order chi connectivity index (χ0) is 19.2. The second-order valence-corrected chi connectivity index (χ2v) is 6.57. The third kappa shape index (κ3) is 4.64. The molecule has 5 nitrogen and oxygen atoms in total. The smallest absolute Gasteiger partial charge is 0.229 e. The average Bonchev–Trinajstić information content (AvgIpc) is 3.05. The van der Waals surface area contributed by atoms with Crippen molar-refractivity contribution in [1.29, 1.82) is 0 Å². The van der Waals surface area contributed by atoms with Crippen molar-refractivity contribution in [1.82, 2.24) is 0 Å². The lowest BCUT2D eigenvalue weighted by Gasteiger charge is -2.17. The van der Waals surface area contributed by atoms with E-state index in [1.165, 1.54) is 11.0 Å². The van der Waals surface area contributed by atoms with Gasteiger partial charge in [0.1, 0.15) is 11.6 Å². The molecule has 0 spiro atoms. The van der Waals surface area contributed by atoms with Crippen LogP contribution in [0.2, 0.25) is 0 Å². The number of hydrogen-bond donors (Lipinski definition) is 1. The molecule has 142 valence electrons. The zero-order valence-electron chi connectivity index (χ0n) is 15.3. The Bertz CT molecular complexity index is 807. The number of anilines is 2. The van der Waals surface area contributed by atoms with E-state index in [0.717, 1.165) is 18.6 Å². The van der Waals surface area contributed by atoms with Gasteiger partial charge >= 0.3 is 0 Å². The number of carbonyl (C=O) groups is 2. The van der Waals surface area contributed by atoms with E-state index in [1.807, 2.05) is 0 Å². The maximum absolute atomic E-state index is 13.9. The second kappa shape index (κ2) is 8.66. The van der Waals surface area contributed by atoms with Gasteiger partial charge in [0.15, 0.2) is 0 Å². The first-order chi connectivity index (χ1) is 13.1. The molecule has 2 amide bonds. The minimum absolute atomic E-state index is 0.0678. The van der Waals surface area contributed by atoms with Gasteiger partial charge in [-0.3, -0.25) is 9.59 Å². The molecule has 1 saturated heterocycles. The number of amides is 2. The zero-order valence-corrected chi connectivity index (χ0v) is 15.3. The molecule has 1 aliphatic heterocycles. The highest BCUT2D eigenvalue weighted by Crippen LogP contribution is 2.28. The van der Waals surface area contributed by atoms with Gasteiger partial charge in [-0.15, -0.1) is 0 Å². The normalized spacial score (nSPS) is 16.4. The summed E-state index contributed by atoms with van der Waals surface area (Å²) in [5.41, 5.74) is 0.853. The Morgan fingerprint density at radius 2 is 1.96 bits per heavy atom. The predicted molar refractivity (Wildman–Crippen MR) is 102 cm³/mol. The fourth-order valence-electron chi connectivity index (χ4n) is 3.00. The number of para-hydroxylation sites is 1. The average molecular weight is 370 g/mol. The van der Waals surface area contributed by atoms with Crippen LogP contribution in [0.25, 0.3) is 0 Å². The third-order valence-corrected chi connectivity index (χ3v) is 4.53. The summed E-state index contributed by atoms with van der Waals surface area (Å²) in [6.07, 6.45) is 2.13. The highest BCUT2D eigenvalue weighted by Gasteiger charge is 2.36. The Labute approximate surface area is 158 Å². The Kier molecular flexibility index (Phi) is 6.06. The molecule has 27 heavy (non-hydrogen) atoms. The van der Waals surface area contributed by atoms with E-state index in [2.05, 4.69) is 12.2 Å². The minimum Gasteiger partial charge on any atom is -0.494 e. The number of ether oxygens (including phenoxy) is 1. The topological polar surface area (TPSA) is 58.6 Å². The van der Waals surface area contributed by atoms with Crippen molar-refractivity contribution < 1.29 is 18.7 Å². The van der Waals surface area contributed by atoms with Gasteiger partial charge in [0.2, 0.25) is 11.8 Å². The van der Waals surface area contributed by atoms with E-state index in [9.17, 15) is 14.0 Å². The Morgan fingerprint density at radius 3 is 2.67 bits per heavy atom. The van der Waals surface area contributed by atoms with Gasteiger partial charge in [0.05, 0.1) is 18.2 Å². The number of rotatable bonds is 7. The van der Waals surface area contributed by atoms with Crippen molar-refractivity contribution in [3.05, 3.63) is 54.3 Å². The lowest BCUT2D eigenvalue weighted by Crippen LogP contribution is -2.28. The molecular weight excluding hydrogens is 347 g/mol. The van der Waals surface area contributed by atoms with Crippen LogP contribution in [0.15, 0.2) is 48.5 Å². The summed E-state index contributed by atoms with van der Waals surface area (Å²) < 4.78 is 19.5. The number of unbranched alkanes of at least 4 members (excludes halogenated alkanes) is 1. The molecule has 6 heteroatoms. The molecule has 2 aromatic rings. The Hall–Kier alpha value is -2.89. The quantitative estimate of drug-likeness (QED) is 0.750. The minimum atomic E-state index is -0.516. The maximum Gasteiger partial charge on any atom is 0.229 e. The number of nitrogens with zero attached hydrogens (tertiary/aromatic N) is 1. The van der Waals surface area contributed by atoms with Gasteiger partial charge < -0.3 is 15.0 Å². The molecule has 0 unspecified atom stereocenters. The first-order valence-electron chi connectivity index (χ1n) is 9.17. The number of carbonyl (C=O) groups excluding carboxylic acids is 2. The number of hydrogen-bond acceptors (Lipinski definition) is 3. The summed E-state index contributed by atoms with van der Waals surface area (Å²) in [6, 6.07) is 13.2. The molecular formula is C21H23FN2O3. The van der Waals surface area contributed by atoms with Crippen LogP contribution < -0.4 is 15.0 Å². The highest BCUT2D eigenvalue weighted by molar-refractivity contribution is 6.03. The van der Waals surface area contributed by atoms with Gasteiger partial charge in [-0.1, -0.05) is 25.5 Å². The maximum atomic E-state index is 13.9. The summed E-state index contributed by atoms with van der Waals surface area (Å²) in [6.45, 7) is 2.94. The van der Waals surface area contributed by atoms with Crippen LogP contribution >= 0.6 is 0 Å². The number of benzene rings is 2. The van der Waals surface area contributed by atoms with Crippen molar-refractivity contribution in [2.45, 2.75) is 26.2 Å². The summed E-state index contributed by atoms with van der Waals surface area (Å²) in [7, 11) is 0. The monoisotopic (exact) mass is 370 g/mol. The van der Waals surface area contributed by atoms with E-state index < -0.39 is 11.7 Å². The van der Waals surface area contributed by atoms with Crippen LogP contribution in [0.1, 0.15) is 26.2 Å². The molecule has 0 aliphatic carbocycles. The van der Waals surface area contributed by atoms with Crippen LogP contribution in [-0.2, 0) is 9.59 Å². The second-order valence-electron chi connectivity index (χ2n) is 6.57. The standard InChI is InChI=1S/C21H23FN2O3/c1-2-3-12-27-17-10-8-16(9-11-17)23-21(26)15-13-20(25)24(14-15)19-7-5-4-6-18(19)22/h4-11,15H,2-3,12-14H2,1H3,(H,23,26)/t15-/m0/s1. The van der Waals surface area contributed by atoms with Gasteiger partial charge in [-0.05, 0) is 42.8 Å². The van der Waals surface area contributed by atoms with Gasteiger partial charge in [0.25, 0.3) is 0 Å². The van der Waals surface area contributed by atoms with Crippen LogP contribution in [0, 0.1) is 11.7 Å². The van der Waals surface area contributed by atoms with Crippen molar-refractivity contribution >= 4 is 23.2 Å². The van der Waals surface area contributed by atoms with Gasteiger partial charge in [-0.25, -0.2) is 4.39 Å². The summed E-state index contributed by atoms with van der Waals surface area (Å²) in [5.74, 6) is -0.729. The van der Waals surface area contributed by atoms with Crippen LogP contribution in [0.5, 0.6) is 5.75 Å². The molecule has 1 aliphatic rings.